The summed E-state index contributed by atoms with van der Waals surface area (Å²) in [7, 11) is 0. The minimum atomic E-state index is -0.579. The first-order chi connectivity index (χ1) is 9.83. The Morgan fingerprint density at radius 2 is 1.90 bits per heavy atom. The molecule has 0 fully saturated rings. The summed E-state index contributed by atoms with van der Waals surface area (Å²) in [4.78, 5) is 28.0. The number of aromatic nitrogens is 1. The molecule has 0 saturated carbocycles. The van der Waals surface area contributed by atoms with Gasteiger partial charge in [-0.05, 0) is 34.1 Å². The van der Waals surface area contributed by atoms with E-state index in [9.17, 15) is 9.59 Å². The van der Waals surface area contributed by atoms with E-state index in [4.69, 9.17) is 0 Å². The van der Waals surface area contributed by atoms with Gasteiger partial charge in [0.1, 0.15) is 11.0 Å². The van der Waals surface area contributed by atoms with Crippen LogP contribution in [0.4, 0.5) is 4.79 Å². The van der Waals surface area contributed by atoms with Gasteiger partial charge in [0.25, 0.3) is 0 Å². The Kier molecular flexibility index (Phi) is 6.61. The van der Waals surface area contributed by atoms with Crippen molar-refractivity contribution in [2.24, 2.45) is 0 Å². The van der Waals surface area contributed by atoms with Gasteiger partial charge in [-0.1, -0.05) is 6.92 Å². The highest BCUT2D eigenvalue weighted by atomic mass is 32.1. The molecule has 0 aliphatic carbocycles. The molecule has 118 valence electrons. The van der Waals surface area contributed by atoms with E-state index in [0.29, 0.717) is 0 Å². The van der Waals surface area contributed by atoms with E-state index in [2.05, 4.69) is 20.9 Å². The van der Waals surface area contributed by atoms with E-state index < -0.39 is 6.04 Å². The number of nitrogens with zero attached hydrogens (tertiary/aromatic N) is 1. The minimum absolute atomic E-state index is 0.0991. The van der Waals surface area contributed by atoms with E-state index in [1.54, 1.807) is 6.92 Å². The molecule has 0 saturated heterocycles. The van der Waals surface area contributed by atoms with E-state index in [1.165, 1.54) is 11.3 Å². The average Bonchev–Trinajstić information content (AvgIpc) is 2.84. The topological polar surface area (TPSA) is 83.1 Å². The molecule has 1 aromatic heterocycles. The molecule has 0 aromatic carbocycles. The van der Waals surface area contributed by atoms with Crippen LogP contribution in [0.15, 0.2) is 5.38 Å². The number of carbonyl (C=O) groups excluding carboxylic acids is 2. The van der Waals surface area contributed by atoms with Crippen LogP contribution in [0.25, 0.3) is 0 Å². The maximum Gasteiger partial charge on any atom is 0.315 e. The molecular weight excluding hydrogens is 288 g/mol. The second kappa shape index (κ2) is 7.97. The Labute approximate surface area is 129 Å². The van der Waals surface area contributed by atoms with Gasteiger partial charge in [0.05, 0.1) is 6.04 Å². The number of aryl methyl sites for hydroxylation is 1. The molecule has 1 aromatic rings. The molecule has 0 radical (unpaired) electrons. The zero-order chi connectivity index (χ0) is 16.0. The summed E-state index contributed by atoms with van der Waals surface area (Å²) in [5, 5.41) is 11.0. The zero-order valence-electron chi connectivity index (χ0n) is 13.2. The van der Waals surface area contributed by atoms with Gasteiger partial charge >= 0.3 is 6.03 Å². The fourth-order valence-corrected chi connectivity index (χ4v) is 2.41. The maximum atomic E-state index is 11.9. The summed E-state index contributed by atoms with van der Waals surface area (Å²) < 4.78 is 0. The molecule has 1 heterocycles. The third kappa shape index (κ3) is 5.71. The van der Waals surface area contributed by atoms with Gasteiger partial charge in [-0.25, -0.2) is 9.78 Å². The Bertz CT molecular complexity index is 489. The lowest BCUT2D eigenvalue weighted by Gasteiger charge is -2.19. The number of nitrogens with one attached hydrogen (secondary N) is 3. The van der Waals surface area contributed by atoms with Gasteiger partial charge in [-0.3, -0.25) is 4.79 Å². The number of hydrogen-bond acceptors (Lipinski definition) is 4. The largest absolute Gasteiger partial charge is 0.352 e. The first kappa shape index (κ1) is 17.4. The molecular formula is C14H24N4O2S. The molecule has 1 rings (SSSR count). The van der Waals surface area contributed by atoms with E-state index >= 15 is 0 Å². The smallest absolute Gasteiger partial charge is 0.315 e. The average molecular weight is 312 g/mol. The predicted molar refractivity (Wildman–Crippen MR) is 84.3 cm³/mol. The lowest BCUT2D eigenvalue weighted by Crippen LogP contribution is -2.50. The normalized spacial score (nSPS) is 14.9. The summed E-state index contributed by atoms with van der Waals surface area (Å²) >= 11 is 1.50. The molecule has 3 amide bonds. The summed E-state index contributed by atoms with van der Waals surface area (Å²) in [6.07, 6.45) is 0.852. The van der Waals surface area contributed by atoms with Crippen LogP contribution in [0.1, 0.15) is 50.9 Å². The molecule has 0 bridgehead atoms. The Morgan fingerprint density at radius 1 is 1.24 bits per heavy atom. The Hall–Kier alpha value is -1.63. The second-order valence-electron chi connectivity index (χ2n) is 5.21. The lowest BCUT2D eigenvalue weighted by molar-refractivity contribution is -0.123. The molecule has 3 N–H and O–H groups in total. The summed E-state index contributed by atoms with van der Waals surface area (Å²) in [6.45, 7) is 9.36. The van der Waals surface area contributed by atoms with Gasteiger partial charge in [-0.15, -0.1) is 11.3 Å². The highest BCUT2D eigenvalue weighted by Crippen LogP contribution is 2.17. The first-order valence-corrected chi connectivity index (χ1v) is 8.00. The van der Waals surface area contributed by atoms with Gasteiger partial charge < -0.3 is 16.0 Å². The summed E-state index contributed by atoms with van der Waals surface area (Å²) in [5.41, 5.74) is 0.936. The zero-order valence-corrected chi connectivity index (χ0v) is 14.0. The van der Waals surface area contributed by atoms with Crippen molar-refractivity contribution >= 4 is 23.3 Å². The molecule has 0 aliphatic heterocycles. The molecule has 3 unspecified atom stereocenters. The van der Waals surface area contributed by atoms with Gasteiger partial charge in [-0.2, -0.15) is 0 Å². The molecule has 6 nitrogen and oxygen atoms in total. The van der Waals surface area contributed by atoms with E-state index in [-0.39, 0.29) is 24.0 Å². The van der Waals surface area contributed by atoms with Crippen LogP contribution >= 0.6 is 11.3 Å². The maximum absolute atomic E-state index is 11.9. The van der Waals surface area contributed by atoms with Gasteiger partial charge in [0, 0.05) is 17.1 Å². The van der Waals surface area contributed by atoms with Crippen molar-refractivity contribution in [3.63, 3.8) is 0 Å². The number of amides is 3. The molecule has 0 spiro atoms. The quantitative estimate of drug-likeness (QED) is 0.752. The number of thiazole rings is 1. The van der Waals surface area contributed by atoms with Crippen LogP contribution in [0.3, 0.4) is 0 Å². The Morgan fingerprint density at radius 3 is 2.43 bits per heavy atom. The SMILES string of the molecule is CCC(C)NC(=O)C(C)NC(=O)NC(C)c1nc(C)cs1. The molecule has 21 heavy (non-hydrogen) atoms. The number of rotatable bonds is 6. The fourth-order valence-electron chi connectivity index (χ4n) is 1.60. The minimum Gasteiger partial charge on any atom is -0.352 e. The predicted octanol–water partition coefficient (Wildman–Crippen LogP) is 2.11. The molecule has 0 aliphatic rings. The van der Waals surface area contributed by atoms with Crippen molar-refractivity contribution in [3.8, 4) is 0 Å². The third-order valence-corrected chi connectivity index (χ3v) is 4.24. The van der Waals surface area contributed by atoms with E-state index in [1.807, 2.05) is 33.1 Å². The fraction of sp³-hybridized carbons (Fsp3) is 0.643. The summed E-state index contributed by atoms with van der Waals surface area (Å²) in [5.74, 6) is -0.183. The van der Waals surface area contributed by atoms with Crippen LogP contribution in [0.2, 0.25) is 0 Å². The van der Waals surface area contributed by atoms with Crippen molar-refractivity contribution in [2.75, 3.05) is 0 Å². The van der Waals surface area contributed by atoms with Gasteiger partial charge in [0.2, 0.25) is 5.91 Å². The lowest BCUT2D eigenvalue weighted by atomic mass is 10.2. The first-order valence-electron chi connectivity index (χ1n) is 7.12. The molecule has 3 atom stereocenters. The highest BCUT2D eigenvalue weighted by Gasteiger charge is 2.18. The van der Waals surface area contributed by atoms with Crippen molar-refractivity contribution in [1.82, 2.24) is 20.9 Å². The molecule has 7 heteroatoms. The monoisotopic (exact) mass is 312 g/mol. The van der Waals surface area contributed by atoms with Gasteiger partial charge in [0.15, 0.2) is 0 Å². The van der Waals surface area contributed by atoms with Crippen LogP contribution in [-0.4, -0.2) is 29.0 Å². The van der Waals surface area contributed by atoms with Crippen LogP contribution in [0.5, 0.6) is 0 Å². The van der Waals surface area contributed by atoms with Crippen LogP contribution in [-0.2, 0) is 4.79 Å². The van der Waals surface area contributed by atoms with Crippen molar-refractivity contribution < 1.29 is 9.59 Å². The summed E-state index contributed by atoms with van der Waals surface area (Å²) in [6, 6.07) is -1.04. The highest BCUT2D eigenvalue weighted by molar-refractivity contribution is 7.09. The van der Waals surface area contributed by atoms with Crippen molar-refractivity contribution in [3.05, 3.63) is 16.1 Å². The Balaban J connectivity index is 2.44. The van der Waals surface area contributed by atoms with Crippen LogP contribution in [0, 0.1) is 6.92 Å². The van der Waals surface area contributed by atoms with E-state index in [0.717, 1.165) is 17.1 Å². The second-order valence-corrected chi connectivity index (χ2v) is 6.10. The third-order valence-electron chi connectivity index (χ3n) is 3.10. The number of urea groups is 1. The van der Waals surface area contributed by atoms with Crippen LogP contribution < -0.4 is 16.0 Å². The standard InChI is InChI=1S/C14H24N4O2S/c1-6-8(2)15-12(19)10(4)17-14(20)18-11(5)13-16-9(3)7-21-13/h7-8,10-11H,6H2,1-5H3,(H,15,19)(H2,17,18,20). The number of carbonyl (C=O) groups is 2. The van der Waals surface area contributed by atoms with Crippen molar-refractivity contribution in [1.29, 1.82) is 0 Å². The number of hydrogen-bond donors (Lipinski definition) is 3. The van der Waals surface area contributed by atoms with Crippen molar-refractivity contribution in [2.45, 2.75) is 59.2 Å².